The summed E-state index contributed by atoms with van der Waals surface area (Å²) in [5, 5.41) is 12.4. The molecule has 3 N–H and O–H groups in total. The van der Waals surface area contributed by atoms with Crippen molar-refractivity contribution in [1.29, 1.82) is 0 Å². The average Bonchev–Trinajstić information content (AvgIpc) is 2.75. The summed E-state index contributed by atoms with van der Waals surface area (Å²) in [6, 6.07) is 4.78. The van der Waals surface area contributed by atoms with Gasteiger partial charge in [0.05, 0.1) is 16.0 Å². The summed E-state index contributed by atoms with van der Waals surface area (Å²) in [7, 11) is 0. The van der Waals surface area contributed by atoms with Crippen LogP contribution in [0.5, 0.6) is 0 Å². The first kappa shape index (κ1) is 14.4. The molecule has 19 heavy (non-hydrogen) atoms. The molecule has 1 aromatic heterocycles. The first-order chi connectivity index (χ1) is 9.02. The van der Waals surface area contributed by atoms with Crippen molar-refractivity contribution in [3.05, 3.63) is 56.7 Å². The van der Waals surface area contributed by atoms with Crippen LogP contribution >= 0.6 is 22.9 Å². The molecule has 0 fully saturated rings. The number of halogens is 3. The number of benzene rings is 1. The van der Waals surface area contributed by atoms with Crippen LogP contribution in [0.1, 0.15) is 22.5 Å². The van der Waals surface area contributed by atoms with Gasteiger partial charge in [0.1, 0.15) is 11.6 Å². The number of thiophene rings is 1. The molecular weight excluding hydrogens is 292 g/mol. The summed E-state index contributed by atoms with van der Waals surface area (Å²) >= 11 is 7.23. The second kappa shape index (κ2) is 5.96. The maximum Gasteiger partial charge on any atom is 0.126 e. The van der Waals surface area contributed by atoms with Crippen molar-refractivity contribution in [2.45, 2.75) is 12.0 Å². The molecular formula is C13H12ClF2NOS. The molecule has 2 aromatic rings. The van der Waals surface area contributed by atoms with Gasteiger partial charge in [0.15, 0.2) is 0 Å². The van der Waals surface area contributed by atoms with Gasteiger partial charge >= 0.3 is 0 Å². The van der Waals surface area contributed by atoms with Gasteiger partial charge in [-0.2, -0.15) is 0 Å². The molecule has 0 saturated heterocycles. The Morgan fingerprint density at radius 2 is 1.89 bits per heavy atom. The van der Waals surface area contributed by atoms with Crippen LogP contribution in [0, 0.1) is 11.6 Å². The Bertz CT molecular complexity index is 555. The second-order valence-corrected chi connectivity index (χ2v) is 5.48. The van der Waals surface area contributed by atoms with Crippen molar-refractivity contribution < 1.29 is 13.9 Å². The van der Waals surface area contributed by atoms with Crippen LogP contribution in [0.3, 0.4) is 0 Å². The fraction of sp³-hybridized carbons (Fsp3) is 0.231. The number of nitrogens with two attached hydrogens (primary N) is 1. The zero-order valence-electron chi connectivity index (χ0n) is 9.82. The van der Waals surface area contributed by atoms with Crippen LogP contribution in [0.25, 0.3) is 0 Å². The molecule has 2 nitrogen and oxygen atoms in total. The predicted molar refractivity (Wildman–Crippen MR) is 72.4 cm³/mol. The maximum absolute atomic E-state index is 13.2. The molecule has 0 saturated carbocycles. The molecule has 2 atom stereocenters. The molecule has 1 heterocycles. The summed E-state index contributed by atoms with van der Waals surface area (Å²) in [6.07, 6.45) is -0.987. The van der Waals surface area contributed by atoms with E-state index in [1.807, 2.05) is 0 Å². The van der Waals surface area contributed by atoms with Crippen LogP contribution in [0.15, 0.2) is 29.6 Å². The van der Waals surface area contributed by atoms with Crippen LogP contribution < -0.4 is 5.73 Å². The first-order valence-corrected chi connectivity index (χ1v) is 6.85. The molecule has 0 aliphatic rings. The molecule has 2 rings (SSSR count). The van der Waals surface area contributed by atoms with Crippen molar-refractivity contribution in [3.63, 3.8) is 0 Å². The number of rotatable bonds is 4. The minimum absolute atomic E-state index is 0.0539. The third-order valence-electron chi connectivity index (χ3n) is 2.86. The molecule has 102 valence electrons. The lowest BCUT2D eigenvalue weighted by atomic mass is 9.92. The molecule has 2 unspecified atom stereocenters. The van der Waals surface area contributed by atoms with Crippen LogP contribution in [0.4, 0.5) is 8.78 Å². The number of hydrogen-bond acceptors (Lipinski definition) is 3. The van der Waals surface area contributed by atoms with E-state index in [1.54, 1.807) is 11.4 Å². The third kappa shape index (κ3) is 3.12. The fourth-order valence-corrected chi connectivity index (χ4v) is 3.15. The van der Waals surface area contributed by atoms with E-state index in [1.165, 1.54) is 23.5 Å². The van der Waals surface area contributed by atoms with Gasteiger partial charge in [0.25, 0.3) is 0 Å². The average molecular weight is 304 g/mol. The van der Waals surface area contributed by atoms with Crippen LogP contribution in [0.2, 0.25) is 5.02 Å². The van der Waals surface area contributed by atoms with E-state index in [4.69, 9.17) is 17.3 Å². The van der Waals surface area contributed by atoms with Crippen LogP contribution in [-0.2, 0) is 0 Å². The molecule has 0 bridgehead atoms. The number of aliphatic hydroxyl groups is 1. The standard InChI is InChI=1S/C13H12ClF2NOS/c14-11-1-2-19-13(11)12(18)10(6-17)7-3-8(15)5-9(16)4-7/h1-5,10,12,18H,6,17H2. The Labute approximate surface area is 118 Å². The van der Waals surface area contributed by atoms with Gasteiger partial charge < -0.3 is 10.8 Å². The molecule has 0 aliphatic carbocycles. The van der Waals surface area contributed by atoms with Crippen molar-refractivity contribution in [1.82, 2.24) is 0 Å². The van der Waals surface area contributed by atoms with E-state index in [0.717, 1.165) is 6.07 Å². The van der Waals surface area contributed by atoms with E-state index >= 15 is 0 Å². The normalized spacial score (nSPS) is 14.4. The highest BCUT2D eigenvalue weighted by Gasteiger charge is 2.25. The second-order valence-electron chi connectivity index (χ2n) is 4.12. The summed E-state index contributed by atoms with van der Waals surface area (Å²) in [4.78, 5) is 0.543. The Morgan fingerprint density at radius 1 is 1.26 bits per heavy atom. The van der Waals surface area contributed by atoms with E-state index < -0.39 is 23.7 Å². The van der Waals surface area contributed by atoms with E-state index in [-0.39, 0.29) is 6.54 Å². The highest BCUT2D eigenvalue weighted by atomic mass is 35.5. The Hall–Kier alpha value is -1.01. The molecule has 0 radical (unpaired) electrons. The van der Waals surface area contributed by atoms with Gasteiger partial charge in [-0.15, -0.1) is 11.3 Å². The fourth-order valence-electron chi connectivity index (χ4n) is 1.94. The summed E-state index contributed by atoms with van der Waals surface area (Å²) in [5.41, 5.74) is 5.94. The van der Waals surface area contributed by atoms with Crippen molar-refractivity contribution >= 4 is 22.9 Å². The Balaban J connectivity index is 2.36. The van der Waals surface area contributed by atoms with Gasteiger partial charge in [0.2, 0.25) is 0 Å². The SMILES string of the molecule is NCC(c1cc(F)cc(F)c1)C(O)c1sccc1Cl. The van der Waals surface area contributed by atoms with Crippen LogP contribution in [-0.4, -0.2) is 11.7 Å². The highest BCUT2D eigenvalue weighted by Crippen LogP contribution is 2.37. The lowest BCUT2D eigenvalue weighted by Gasteiger charge is -2.21. The number of aliphatic hydroxyl groups excluding tert-OH is 1. The van der Waals surface area contributed by atoms with Crippen molar-refractivity contribution in [2.75, 3.05) is 6.54 Å². The van der Waals surface area contributed by atoms with E-state index in [2.05, 4.69) is 0 Å². The smallest absolute Gasteiger partial charge is 0.126 e. The van der Waals surface area contributed by atoms with Gasteiger partial charge in [-0.1, -0.05) is 11.6 Å². The monoisotopic (exact) mass is 303 g/mol. The lowest BCUT2D eigenvalue weighted by Crippen LogP contribution is -2.20. The summed E-state index contributed by atoms with van der Waals surface area (Å²) < 4.78 is 26.4. The molecule has 6 heteroatoms. The first-order valence-electron chi connectivity index (χ1n) is 5.60. The maximum atomic E-state index is 13.2. The quantitative estimate of drug-likeness (QED) is 0.908. The van der Waals surface area contributed by atoms with Gasteiger partial charge in [-0.3, -0.25) is 0 Å². The minimum Gasteiger partial charge on any atom is -0.387 e. The van der Waals surface area contributed by atoms with Crippen molar-refractivity contribution in [3.8, 4) is 0 Å². The van der Waals surface area contributed by atoms with E-state index in [9.17, 15) is 13.9 Å². The van der Waals surface area contributed by atoms with Gasteiger partial charge in [-0.05, 0) is 29.1 Å². The molecule has 0 spiro atoms. The van der Waals surface area contributed by atoms with Gasteiger partial charge in [-0.25, -0.2) is 8.78 Å². The topological polar surface area (TPSA) is 46.2 Å². The number of hydrogen-bond donors (Lipinski definition) is 2. The van der Waals surface area contributed by atoms with Crippen molar-refractivity contribution in [2.24, 2.45) is 5.73 Å². The minimum atomic E-state index is -0.987. The zero-order valence-corrected chi connectivity index (χ0v) is 11.4. The highest BCUT2D eigenvalue weighted by molar-refractivity contribution is 7.10. The predicted octanol–water partition coefficient (Wildman–Crippen LogP) is 3.46. The molecule has 0 amide bonds. The lowest BCUT2D eigenvalue weighted by molar-refractivity contribution is 0.151. The third-order valence-corrected chi connectivity index (χ3v) is 4.29. The Kier molecular flexibility index (Phi) is 4.52. The van der Waals surface area contributed by atoms with Gasteiger partial charge in [0, 0.05) is 18.5 Å². The summed E-state index contributed by atoms with van der Waals surface area (Å²) in [6.45, 7) is 0.0539. The van der Waals surface area contributed by atoms with E-state index in [0.29, 0.717) is 15.5 Å². The molecule has 1 aromatic carbocycles. The molecule has 0 aliphatic heterocycles. The Morgan fingerprint density at radius 3 is 2.37 bits per heavy atom. The summed E-state index contributed by atoms with van der Waals surface area (Å²) in [5.74, 6) is -2.00. The largest absolute Gasteiger partial charge is 0.387 e. The zero-order chi connectivity index (χ0) is 14.0.